The molecule has 4 aromatic heterocycles. The summed E-state index contributed by atoms with van der Waals surface area (Å²) in [6, 6.07) is 56.1. The molecule has 0 N–H and O–H groups in total. The first kappa shape index (κ1) is 29.7. The Balaban J connectivity index is 1.16. The molecule has 11 rings (SSSR count). The molecule has 0 aliphatic carbocycles. The summed E-state index contributed by atoms with van der Waals surface area (Å²) in [6.07, 6.45) is 0. The molecule has 7 aromatic carbocycles. The highest BCUT2D eigenvalue weighted by Crippen LogP contribution is 2.44. The predicted octanol–water partition coefficient (Wildman–Crippen LogP) is 12.1. The van der Waals surface area contributed by atoms with E-state index in [-0.39, 0.29) is 0 Å². The first-order valence-electron chi connectivity index (χ1n) is 17.5. The Hall–Kier alpha value is -6.96. The van der Waals surface area contributed by atoms with Gasteiger partial charge in [-0.05, 0) is 48.5 Å². The second kappa shape index (κ2) is 11.8. The molecule has 0 unspecified atom stereocenters. The fourth-order valence-electron chi connectivity index (χ4n) is 7.51. The number of nitrogens with zero attached hydrogens (tertiary/aromatic N) is 5. The van der Waals surface area contributed by atoms with Gasteiger partial charge in [-0.25, -0.2) is 19.9 Å². The number of para-hydroxylation sites is 5. The molecule has 7 heteroatoms. The highest BCUT2D eigenvalue weighted by atomic mass is 32.1. The molecule has 4 heterocycles. The first-order valence-corrected chi connectivity index (χ1v) is 18.3. The minimum absolute atomic E-state index is 0.562. The molecule has 248 valence electrons. The van der Waals surface area contributed by atoms with Gasteiger partial charge in [0.15, 0.2) is 17.5 Å². The third-order valence-electron chi connectivity index (χ3n) is 9.89. The van der Waals surface area contributed by atoms with Gasteiger partial charge in [0.05, 0.1) is 16.6 Å². The Bertz CT molecular complexity index is 3180. The number of benzene rings is 7. The van der Waals surface area contributed by atoms with Crippen molar-refractivity contribution in [2.75, 3.05) is 0 Å². The smallest absolute Gasteiger partial charge is 0.167 e. The van der Waals surface area contributed by atoms with Crippen LogP contribution in [-0.4, -0.2) is 24.5 Å². The molecule has 0 saturated heterocycles. The Morgan fingerprint density at radius 1 is 0.472 bits per heavy atom. The van der Waals surface area contributed by atoms with E-state index >= 15 is 0 Å². The van der Waals surface area contributed by atoms with Crippen molar-refractivity contribution in [3.05, 3.63) is 164 Å². The molecule has 0 spiro atoms. The second-order valence-corrected chi connectivity index (χ2v) is 14.1. The summed E-state index contributed by atoms with van der Waals surface area (Å²) in [5.74, 6) is 2.68. The van der Waals surface area contributed by atoms with Crippen LogP contribution in [-0.2, 0) is 0 Å². The van der Waals surface area contributed by atoms with Gasteiger partial charge < -0.3 is 4.42 Å². The maximum absolute atomic E-state index is 6.46. The van der Waals surface area contributed by atoms with E-state index in [4.69, 9.17) is 24.4 Å². The van der Waals surface area contributed by atoms with Crippen molar-refractivity contribution >= 4 is 64.5 Å². The normalized spacial score (nSPS) is 11.8. The van der Waals surface area contributed by atoms with Crippen LogP contribution in [0.4, 0.5) is 0 Å². The van der Waals surface area contributed by atoms with Gasteiger partial charge in [0.1, 0.15) is 17.0 Å². The zero-order chi connectivity index (χ0) is 34.9. The molecule has 53 heavy (non-hydrogen) atoms. The van der Waals surface area contributed by atoms with Crippen LogP contribution in [0.15, 0.2) is 168 Å². The van der Waals surface area contributed by atoms with Gasteiger partial charge in [0.2, 0.25) is 0 Å². The van der Waals surface area contributed by atoms with Crippen LogP contribution < -0.4 is 0 Å². The Morgan fingerprint density at radius 2 is 1.11 bits per heavy atom. The lowest BCUT2D eigenvalue weighted by molar-refractivity contribution is 0.669. The highest BCUT2D eigenvalue weighted by Gasteiger charge is 2.22. The van der Waals surface area contributed by atoms with Crippen molar-refractivity contribution < 1.29 is 4.42 Å². The summed E-state index contributed by atoms with van der Waals surface area (Å²) in [7, 11) is 0. The summed E-state index contributed by atoms with van der Waals surface area (Å²) in [5.41, 5.74) is 8.44. The van der Waals surface area contributed by atoms with E-state index in [9.17, 15) is 0 Å². The minimum atomic E-state index is 0.562. The first-order chi connectivity index (χ1) is 26.3. The van der Waals surface area contributed by atoms with Gasteiger partial charge in [0.25, 0.3) is 0 Å². The summed E-state index contributed by atoms with van der Waals surface area (Å²) in [4.78, 5) is 20.7. The van der Waals surface area contributed by atoms with Crippen LogP contribution in [0.3, 0.4) is 0 Å². The fourth-order valence-corrected chi connectivity index (χ4v) is 8.75. The van der Waals surface area contributed by atoms with Gasteiger partial charge in [-0.3, -0.25) is 4.57 Å². The molecular weight excluding hydrogens is 671 g/mol. The number of imidazole rings is 1. The largest absolute Gasteiger partial charge is 0.455 e. The molecule has 0 amide bonds. The SMILES string of the molecule is c1ccc(-c2nc(-c3cccc4c3oc3ccccc34)nc(-c3cccc4sc5c(-c6nc7ccccc7n6-c6ccccc6)cccc5c34)n2)cc1. The lowest BCUT2D eigenvalue weighted by atomic mass is 10.0. The summed E-state index contributed by atoms with van der Waals surface area (Å²) < 4.78 is 11.0. The standard InChI is InChI=1S/C46H27N5OS/c1-3-14-28(15-4-1)43-48-44(50-45(49-43)34-22-11-19-31-30-18-7-10-26-38(30)52-41(31)34)33-21-13-27-39-40(33)32-20-12-23-35(42(32)53-39)46-47-36-24-8-9-25-37(36)51(46)29-16-5-2-6-17-29/h1-27H. The number of hydrogen-bond donors (Lipinski definition) is 0. The predicted molar refractivity (Wildman–Crippen MR) is 216 cm³/mol. The number of hydrogen-bond acceptors (Lipinski definition) is 6. The van der Waals surface area contributed by atoms with Crippen LogP contribution in [0.25, 0.3) is 104 Å². The van der Waals surface area contributed by atoms with E-state index in [2.05, 4.69) is 95.6 Å². The molecule has 0 fully saturated rings. The van der Waals surface area contributed by atoms with Crippen LogP contribution >= 0.6 is 11.3 Å². The third kappa shape index (κ3) is 4.71. The van der Waals surface area contributed by atoms with E-state index in [0.29, 0.717) is 17.5 Å². The van der Waals surface area contributed by atoms with Crippen LogP contribution in [0.2, 0.25) is 0 Å². The number of thiophene rings is 1. The molecule has 0 saturated carbocycles. The van der Waals surface area contributed by atoms with Crippen molar-refractivity contribution in [1.82, 2.24) is 24.5 Å². The van der Waals surface area contributed by atoms with E-state index in [1.807, 2.05) is 72.8 Å². The fraction of sp³-hybridized carbons (Fsp3) is 0. The molecule has 0 aliphatic heterocycles. The highest BCUT2D eigenvalue weighted by molar-refractivity contribution is 7.26. The molecule has 0 aliphatic rings. The quantitative estimate of drug-likeness (QED) is 0.179. The maximum atomic E-state index is 6.46. The van der Waals surface area contributed by atoms with Gasteiger partial charge in [-0.15, -0.1) is 11.3 Å². The zero-order valence-electron chi connectivity index (χ0n) is 28.1. The van der Waals surface area contributed by atoms with Crippen molar-refractivity contribution in [3.8, 4) is 51.2 Å². The van der Waals surface area contributed by atoms with Crippen molar-refractivity contribution in [3.63, 3.8) is 0 Å². The van der Waals surface area contributed by atoms with Crippen LogP contribution in [0, 0.1) is 0 Å². The lowest BCUT2D eigenvalue weighted by Crippen LogP contribution is -2.00. The zero-order valence-corrected chi connectivity index (χ0v) is 29.0. The minimum Gasteiger partial charge on any atom is -0.455 e. The van der Waals surface area contributed by atoms with E-state index < -0.39 is 0 Å². The Labute approximate surface area is 307 Å². The van der Waals surface area contributed by atoms with Gasteiger partial charge in [0, 0.05) is 53.3 Å². The maximum Gasteiger partial charge on any atom is 0.167 e. The topological polar surface area (TPSA) is 69.6 Å². The summed E-state index contributed by atoms with van der Waals surface area (Å²) in [6.45, 7) is 0. The Morgan fingerprint density at radius 3 is 1.98 bits per heavy atom. The molecule has 0 atom stereocenters. The van der Waals surface area contributed by atoms with Crippen molar-refractivity contribution in [1.29, 1.82) is 0 Å². The summed E-state index contributed by atoms with van der Waals surface area (Å²) in [5, 5.41) is 4.33. The summed E-state index contributed by atoms with van der Waals surface area (Å²) >= 11 is 1.77. The van der Waals surface area contributed by atoms with Crippen LogP contribution in [0.5, 0.6) is 0 Å². The molecule has 0 bridgehead atoms. The molecule has 6 nitrogen and oxygen atoms in total. The van der Waals surface area contributed by atoms with Crippen molar-refractivity contribution in [2.45, 2.75) is 0 Å². The average molecular weight is 698 g/mol. The van der Waals surface area contributed by atoms with E-state index in [1.165, 1.54) is 0 Å². The van der Waals surface area contributed by atoms with Gasteiger partial charge in [-0.1, -0.05) is 115 Å². The van der Waals surface area contributed by atoms with Gasteiger partial charge in [-0.2, -0.15) is 0 Å². The monoisotopic (exact) mass is 697 g/mol. The molecule has 0 radical (unpaired) electrons. The molecular formula is C46H27N5OS. The number of furan rings is 1. The third-order valence-corrected chi connectivity index (χ3v) is 11.1. The number of aromatic nitrogens is 5. The molecule has 11 aromatic rings. The second-order valence-electron chi connectivity index (χ2n) is 13.0. The lowest BCUT2D eigenvalue weighted by Gasteiger charge is -2.11. The van der Waals surface area contributed by atoms with Gasteiger partial charge >= 0.3 is 0 Å². The van der Waals surface area contributed by atoms with E-state index in [0.717, 1.165) is 86.9 Å². The van der Waals surface area contributed by atoms with Crippen LogP contribution in [0.1, 0.15) is 0 Å². The van der Waals surface area contributed by atoms with E-state index in [1.54, 1.807) is 11.3 Å². The number of rotatable bonds is 5. The Kier molecular flexibility index (Phi) is 6.62. The average Bonchev–Trinajstić information content (AvgIpc) is 3.93. The number of fused-ring (bicyclic) bond motifs is 7. The van der Waals surface area contributed by atoms with Crippen molar-refractivity contribution in [2.24, 2.45) is 0 Å².